The second-order valence-corrected chi connectivity index (χ2v) is 5.95. The molecule has 0 aromatic carbocycles. The van der Waals surface area contributed by atoms with Crippen molar-refractivity contribution >= 4 is 46.5 Å². The molecule has 2 nitrogen and oxygen atoms in total. The van der Waals surface area contributed by atoms with Crippen LogP contribution in [0.2, 0.25) is 0 Å². The van der Waals surface area contributed by atoms with Gasteiger partial charge in [-0.3, -0.25) is 0 Å². The molecule has 0 N–H and O–H groups in total. The third-order valence-corrected chi connectivity index (χ3v) is 4.25. The first-order chi connectivity index (χ1) is 6.36. The van der Waals surface area contributed by atoms with Crippen LogP contribution >= 0.6 is 46.5 Å². The summed E-state index contributed by atoms with van der Waals surface area (Å²) in [5.74, 6) is 1.90. The molecule has 13 heavy (non-hydrogen) atoms. The molecule has 0 aliphatic heterocycles. The van der Waals surface area contributed by atoms with E-state index in [1.54, 1.807) is 34.9 Å². The number of thioether (sulfide) groups is 2. The van der Waals surface area contributed by atoms with Crippen molar-refractivity contribution in [3.05, 3.63) is 11.6 Å². The number of hydrogen-bond acceptors (Lipinski definition) is 5. The van der Waals surface area contributed by atoms with Gasteiger partial charge in [0.05, 0.1) is 0 Å². The molecule has 1 aromatic heterocycles. The summed E-state index contributed by atoms with van der Waals surface area (Å²) in [4.78, 5) is 0. The average molecular weight is 253 g/mol. The third-order valence-electron chi connectivity index (χ3n) is 1.05. The van der Waals surface area contributed by atoms with E-state index in [0.717, 1.165) is 20.2 Å². The van der Waals surface area contributed by atoms with Gasteiger partial charge in [0, 0.05) is 11.3 Å². The minimum Gasteiger partial charge on any atom is -0.131 e. The number of rotatable bonds is 5. The van der Waals surface area contributed by atoms with Gasteiger partial charge in [0.1, 0.15) is 0 Å². The Bertz CT molecular complexity index is 274. The molecule has 1 rings (SSSR count). The van der Waals surface area contributed by atoms with E-state index < -0.39 is 0 Å². The van der Waals surface area contributed by atoms with Crippen molar-refractivity contribution in [1.82, 2.24) is 10.2 Å². The normalized spacial score (nSPS) is 11.2. The van der Waals surface area contributed by atoms with E-state index in [-0.39, 0.29) is 0 Å². The van der Waals surface area contributed by atoms with Gasteiger partial charge in [0.2, 0.25) is 0 Å². The first-order valence-corrected chi connectivity index (χ1v) is 6.93. The van der Waals surface area contributed by atoms with Crippen LogP contribution < -0.4 is 0 Å². The third kappa shape index (κ3) is 4.35. The van der Waals surface area contributed by atoms with Crippen LogP contribution in [-0.4, -0.2) is 21.7 Å². The fraction of sp³-hybridized carbons (Fsp3) is 0.429. The molecule has 0 spiro atoms. The molecule has 0 amide bonds. The molecule has 0 radical (unpaired) electrons. The van der Waals surface area contributed by atoms with Gasteiger partial charge in [0.15, 0.2) is 8.68 Å². The minimum absolute atomic E-state index is 0.856. The summed E-state index contributed by atoms with van der Waals surface area (Å²) in [6.45, 7) is 2.11. The Balaban J connectivity index is 2.39. The Morgan fingerprint density at radius 3 is 2.69 bits per heavy atom. The lowest BCUT2D eigenvalue weighted by atomic mass is 10.8. The van der Waals surface area contributed by atoms with Crippen molar-refractivity contribution < 1.29 is 0 Å². The lowest BCUT2D eigenvalue weighted by Crippen LogP contribution is -1.73. The average Bonchev–Trinajstić information content (AvgIpc) is 2.54. The first-order valence-electron chi connectivity index (χ1n) is 3.71. The van der Waals surface area contributed by atoms with Crippen molar-refractivity contribution in [1.29, 1.82) is 0 Å². The lowest BCUT2D eigenvalue weighted by Gasteiger charge is -1.87. The number of nitrogens with zero attached hydrogens (tertiary/aromatic N) is 2. The van der Waals surface area contributed by atoms with Gasteiger partial charge >= 0.3 is 0 Å². The highest BCUT2D eigenvalue weighted by molar-refractivity contribution is 8.03. The number of aromatic nitrogens is 2. The summed E-state index contributed by atoms with van der Waals surface area (Å²) in [6.07, 6.45) is 1.89. The molecule has 0 atom stereocenters. The van der Waals surface area contributed by atoms with E-state index in [9.17, 15) is 0 Å². The molecule has 0 aliphatic rings. The van der Waals surface area contributed by atoms with Gasteiger partial charge in [-0.2, -0.15) is 0 Å². The quantitative estimate of drug-likeness (QED) is 0.750. The highest BCUT2D eigenvalue weighted by Gasteiger charge is 2.02. The van der Waals surface area contributed by atoms with E-state index in [1.807, 2.05) is 6.08 Å². The van der Waals surface area contributed by atoms with Gasteiger partial charge in [-0.25, -0.2) is 0 Å². The van der Waals surface area contributed by atoms with Crippen molar-refractivity contribution in [3.63, 3.8) is 0 Å². The molecular weight excluding hydrogens is 244 g/mol. The lowest BCUT2D eigenvalue weighted by molar-refractivity contribution is 0.955. The van der Waals surface area contributed by atoms with Crippen LogP contribution in [0.15, 0.2) is 20.3 Å². The SMILES string of the molecule is CCSc1nnc(SCC=CCl)s1. The standard InChI is InChI=1S/C7H9ClN2S3/c1-2-11-6-9-10-7(13-6)12-5-3-4-8/h3-4H,2,5H2,1H3. The molecule has 6 heteroatoms. The summed E-state index contributed by atoms with van der Waals surface area (Å²) in [6, 6.07) is 0. The predicted molar refractivity (Wildman–Crippen MR) is 62.0 cm³/mol. The van der Waals surface area contributed by atoms with Gasteiger partial charge in [-0.05, 0) is 5.75 Å². The van der Waals surface area contributed by atoms with E-state index in [1.165, 1.54) is 5.54 Å². The Labute approximate surface area is 95.2 Å². The minimum atomic E-state index is 0.856. The van der Waals surface area contributed by atoms with Crippen molar-refractivity contribution in [3.8, 4) is 0 Å². The van der Waals surface area contributed by atoms with Gasteiger partial charge in [-0.15, -0.1) is 10.2 Å². The van der Waals surface area contributed by atoms with E-state index in [2.05, 4.69) is 17.1 Å². The Kier molecular flexibility index (Phi) is 5.86. The summed E-state index contributed by atoms with van der Waals surface area (Å²) in [5, 5.41) is 8.08. The van der Waals surface area contributed by atoms with Gasteiger partial charge < -0.3 is 0 Å². The molecule has 0 bridgehead atoms. The van der Waals surface area contributed by atoms with Gasteiger partial charge in [-0.1, -0.05) is 59.5 Å². The first kappa shape index (κ1) is 11.4. The second kappa shape index (κ2) is 6.70. The zero-order chi connectivity index (χ0) is 9.52. The molecule has 0 saturated carbocycles. The number of hydrogen-bond donors (Lipinski definition) is 0. The fourth-order valence-electron chi connectivity index (χ4n) is 0.593. The van der Waals surface area contributed by atoms with E-state index in [0.29, 0.717) is 0 Å². The summed E-state index contributed by atoms with van der Waals surface area (Å²) in [7, 11) is 0. The van der Waals surface area contributed by atoms with Crippen LogP contribution in [-0.2, 0) is 0 Å². The van der Waals surface area contributed by atoms with Crippen LogP contribution in [0.4, 0.5) is 0 Å². The molecule has 1 heterocycles. The summed E-state index contributed by atoms with van der Waals surface area (Å²) >= 11 is 10.4. The summed E-state index contributed by atoms with van der Waals surface area (Å²) < 4.78 is 2.05. The van der Waals surface area contributed by atoms with Crippen LogP contribution in [0.3, 0.4) is 0 Å². The Morgan fingerprint density at radius 1 is 1.38 bits per heavy atom. The Hall–Kier alpha value is 0.290. The number of halogens is 1. The van der Waals surface area contributed by atoms with E-state index >= 15 is 0 Å². The molecule has 0 unspecified atom stereocenters. The molecule has 72 valence electrons. The van der Waals surface area contributed by atoms with E-state index in [4.69, 9.17) is 11.6 Å². The predicted octanol–water partition coefficient (Wildman–Crippen LogP) is 3.49. The maximum Gasteiger partial charge on any atom is 0.175 e. The smallest absolute Gasteiger partial charge is 0.131 e. The molecular formula is C7H9ClN2S3. The van der Waals surface area contributed by atoms with Crippen LogP contribution in [0.25, 0.3) is 0 Å². The summed E-state index contributed by atoms with van der Waals surface area (Å²) in [5.41, 5.74) is 1.52. The van der Waals surface area contributed by atoms with Crippen LogP contribution in [0.1, 0.15) is 6.92 Å². The fourth-order valence-corrected chi connectivity index (χ4v) is 3.54. The maximum atomic E-state index is 5.39. The molecule has 0 fully saturated rings. The largest absolute Gasteiger partial charge is 0.175 e. The monoisotopic (exact) mass is 252 g/mol. The van der Waals surface area contributed by atoms with Crippen molar-refractivity contribution in [2.75, 3.05) is 11.5 Å². The second-order valence-electron chi connectivity index (χ2n) is 1.94. The van der Waals surface area contributed by atoms with Crippen LogP contribution in [0.5, 0.6) is 0 Å². The zero-order valence-electron chi connectivity index (χ0n) is 7.07. The van der Waals surface area contributed by atoms with Gasteiger partial charge in [0.25, 0.3) is 0 Å². The Morgan fingerprint density at radius 2 is 2.08 bits per heavy atom. The molecule has 1 aromatic rings. The highest BCUT2D eigenvalue weighted by Crippen LogP contribution is 2.28. The van der Waals surface area contributed by atoms with Crippen molar-refractivity contribution in [2.45, 2.75) is 15.6 Å². The highest BCUT2D eigenvalue weighted by atomic mass is 35.5. The molecule has 0 aliphatic carbocycles. The topological polar surface area (TPSA) is 25.8 Å². The van der Waals surface area contributed by atoms with Crippen LogP contribution in [0, 0.1) is 0 Å². The molecule has 0 saturated heterocycles. The maximum absolute atomic E-state index is 5.39. The van der Waals surface area contributed by atoms with Crippen molar-refractivity contribution in [2.24, 2.45) is 0 Å². The zero-order valence-corrected chi connectivity index (χ0v) is 10.3.